The number of carbonyl (C=O) groups is 2. The van der Waals surface area contributed by atoms with Gasteiger partial charge in [0.1, 0.15) is 17.5 Å². The van der Waals surface area contributed by atoms with Gasteiger partial charge in [-0.15, -0.1) is 0 Å². The Hall–Kier alpha value is -4.47. The van der Waals surface area contributed by atoms with Crippen LogP contribution in [-0.2, 0) is 22.4 Å². The van der Waals surface area contributed by atoms with Crippen LogP contribution in [0.5, 0.6) is 34.6 Å². The van der Waals surface area contributed by atoms with E-state index in [1.54, 1.807) is 43.6 Å². The van der Waals surface area contributed by atoms with Crippen molar-refractivity contribution >= 4 is 11.9 Å². The monoisotopic (exact) mass is 510 g/mol. The fraction of sp³-hybridized carbons (Fsp3) is 0.296. The number of carboxylic acid groups (broad SMARTS) is 1. The van der Waals surface area contributed by atoms with Gasteiger partial charge in [0.15, 0.2) is 11.5 Å². The third-order valence-electron chi connectivity index (χ3n) is 5.87. The minimum Gasteiger partial charge on any atom is -0.508 e. The molecule has 3 aromatic rings. The van der Waals surface area contributed by atoms with Gasteiger partial charge in [0.2, 0.25) is 17.5 Å². The number of aromatic nitrogens is 1. The predicted molar refractivity (Wildman–Crippen MR) is 135 cm³/mol. The number of carboxylic acids is 1. The molecule has 0 aliphatic carbocycles. The van der Waals surface area contributed by atoms with E-state index in [1.165, 1.54) is 39.2 Å². The Morgan fingerprint density at radius 2 is 1.65 bits per heavy atom. The Morgan fingerprint density at radius 1 is 0.973 bits per heavy atom. The van der Waals surface area contributed by atoms with E-state index in [9.17, 15) is 19.8 Å². The van der Waals surface area contributed by atoms with Gasteiger partial charge in [-0.3, -0.25) is 4.79 Å². The van der Waals surface area contributed by atoms with Gasteiger partial charge in [0.25, 0.3) is 0 Å². The van der Waals surface area contributed by atoms with Crippen LogP contribution in [0.2, 0.25) is 0 Å². The molecule has 1 aromatic heterocycles. The Labute approximate surface area is 215 Å². The lowest BCUT2D eigenvalue weighted by Gasteiger charge is -2.24. The molecular formula is C27H30N2O8. The summed E-state index contributed by atoms with van der Waals surface area (Å²) < 4.78 is 22.2. The van der Waals surface area contributed by atoms with E-state index in [-0.39, 0.29) is 23.8 Å². The highest BCUT2D eigenvalue weighted by Crippen LogP contribution is 2.42. The van der Waals surface area contributed by atoms with E-state index >= 15 is 0 Å². The number of aliphatic carboxylic acids is 1. The van der Waals surface area contributed by atoms with E-state index in [4.69, 9.17) is 18.9 Å². The van der Waals surface area contributed by atoms with Gasteiger partial charge >= 0.3 is 5.97 Å². The molecule has 196 valence electrons. The minimum atomic E-state index is -1.13. The number of hydrogen-bond donors (Lipinski definition) is 2. The molecule has 0 bridgehead atoms. The first kappa shape index (κ1) is 27.1. The van der Waals surface area contributed by atoms with E-state index in [0.717, 1.165) is 5.56 Å². The summed E-state index contributed by atoms with van der Waals surface area (Å²) in [7, 11) is 5.90. The summed E-state index contributed by atoms with van der Waals surface area (Å²) >= 11 is 0. The number of carbonyl (C=O) groups excluding carboxylic acids is 1. The lowest BCUT2D eigenvalue weighted by molar-refractivity contribution is -0.148. The summed E-state index contributed by atoms with van der Waals surface area (Å²) in [6.07, 6.45) is 2.12. The molecule has 1 amide bonds. The number of likely N-dealkylation sites (N-methyl/N-ethyl adjacent to an activating group) is 1. The Balaban J connectivity index is 1.90. The van der Waals surface area contributed by atoms with Crippen molar-refractivity contribution in [3.63, 3.8) is 0 Å². The highest BCUT2D eigenvalue weighted by molar-refractivity contribution is 5.82. The van der Waals surface area contributed by atoms with Gasteiger partial charge in [-0.05, 0) is 41.5 Å². The smallest absolute Gasteiger partial charge is 0.326 e. The van der Waals surface area contributed by atoms with Crippen molar-refractivity contribution in [2.75, 3.05) is 28.4 Å². The first-order valence-electron chi connectivity index (χ1n) is 11.4. The molecule has 0 saturated carbocycles. The highest BCUT2D eigenvalue weighted by Gasteiger charge is 2.26. The van der Waals surface area contributed by atoms with Crippen LogP contribution in [-0.4, -0.2) is 66.4 Å². The number of hydrogen-bond acceptors (Lipinski definition) is 8. The maximum absolute atomic E-state index is 11.8. The Bertz CT molecular complexity index is 1230. The van der Waals surface area contributed by atoms with Crippen LogP contribution in [0.25, 0.3) is 0 Å². The summed E-state index contributed by atoms with van der Waals surface area (Å²) in [6, 6.07) is 10.7. The first-order chi connectivity index (χ1) is 17.7. The van der Waals surface area contributed by atoms with Gasteiger partial charge in [-0.2, -0.15) is 0 Å². The van der Waals surface area contributed by atoms with Gasteiger partial charge in [0, 0.05) is 44.6 Å². The zero-order valence-electron chi connectivity index (χ0n) is 21.3. The van der Waals surface area contributed by atoms with Gasteiger partial charge in [0.05, 0.1) is 21.3 Å². The summed E-state index contributed by atoms with van der Waals surface area (Å²) in [6.45, 7) is 1.31. The molecule has 0 fully saturated rings. The van der Waals surface area contributed by atoms with Crippen molar-refractivity contribution in [1.29, 1.82) is 0 Å². The van der Waals surface area contributed by atoms with Crippen LogP contribution in [0.4, 0.5) is 0 Å². The number of ether oxygens (including phenoxy) is 4. The van der Waals surface area contributed by atoms with E-state index in [2.05, 4.69) is 4.98 Å². The van der Waals surface area contributed by atoms with Crippen molar-refractivity contribution in [1.82, 2.24) is 9.88 Å². The molecule has 0 aliphatic rings. The lowest BCUT2D eigenvalue weighted by atomic mass is 10.0. The van der Waals surface area contributed by atoms with Crippen molar-refractivity contribution in [3.05, 3.63) is 65.4 Å². The molecule has 1 heterocycles. The second kappa shape index (κ2) is 12.0. The number of methoxy groups -OCH3 is 3. The number of amides is 1. The van der Waals surface area contributed by atoms with Gasteiger partial charge in [-0.1, -0.05) is 6.07 Å². The van der Waals surface area contributed by atoms with Gasteiger partial charge in [-0.25, -0.2) is 9.78 Å². The molecule has 0 saturated heterocycles. The van der Waals surface area contributed by atoms with Crippen LogP contribution >= 0.6 is 0 Å². The fourth-order valence-electron chi connectivity index (χ4n) is 3.73. The summed E-state index contributed by atoms with van der Waals surface area (Å²) in [5, 5.41) is 20.0. The molecule has 3 rings (SSSR count). The standard InChI is InChI=1S/C27H30N2O8/c1-16(30)29(2)21(27(32)33)11-18-12-23(34-3)26(24(13-18)35-4)37-20-7-8-22(31)19(14-20)10-17-6-9-25(36-5)28-15-17/h6-9,12-15,21,31H,10-11H2,1-5H3,(H,32,33). The first-order valence-corrected chi connectivity index (χ1v) is 11.4. The normalized spacial score (nSPS) is 11.4. The number of nitrogens with zero attached hydrogens (tertiary/aromatic N) is 2. The van der Waals surface area contributed by atoms with Crippen LogP contribution in [0.1, 0.15) is 23.6 Å². The molecule has 2 N–H and O–H groups in total. The summed E-state index contributed by atoms with van der Waals surface area (Å²) in [5.74, 6) is 0.457. The van der Waals surface area contributed by atoms with Crippen molar-refractivity contribution in [2.45, 2.75) is 25.8 Å². The van der Waals surface area contributed by atoms with Crippen LogP contribution in [0, 0.1) is 0 Å². The summed E-state index contributed by atoms with van der Waals surface area (Å²) in [5.41, 5.74) is 2.08. The summed E-state index contributed by atoms with van der Waals surface area (Å²) in [4.78, 5) is 28.9. The molecule has 1 atom stereocenters. The van der Waals surface area contributed by atoms with E-state index < -0.39 is 12.0 Å². The molecule has 0 aliphatic heterocycles. The van der Waals surface area contributed by atoms with Crippen molar-refractivity contribution < 1.29 is 38.7 Å². The zero-order chi connectivity index (χ0) is 27.1. The maximum atomic E-state index is 11.8. The highest BCUT2D eigenvalue weighted by atomic mass is 16.5. The number of aromatic hydroxyl groups is 1. The molecule has 0 spiro atoms. The zero-order valence-corrected chi connectivity index (χ0v) is 21.3. The molecular weight excluding hydrogens is 480 g/mol. The SMILES string of the molecule is COc1ccc(Cc2cc(Oc3c(OC)cc(CC(C(=O)O)N(C)C(C)=O)cc3OC)ccc2O)cn1. The molecule has 37 heavy (non-hydrogen) atoms. The predicted octanol–water partition coefficient (Wildman–Crippen LogP) is 3.67. The Morgan fingerprint density at radius 3 is 2.16 bits per heavy atom. The third-order valence-corrected chi connectivity index (χ3v) is 5.87. The lowest BCUT2D eigenvalue weighted by Crippen LogP contribution is -2.42. The number of rotatable bonds is 11. The van der Waals surface area contributed by atoms with Gasteiger partial charge < -0.3 is 34.1 Å². The maximum Gasteiger partial charge on any atom is 0.326 e. The van der Waals surface area contributed by atoms with Crippen molar-refractivity contribution in [2.24, 2.45) is 0 Å². The Kier molecular flexibility index (Phi) is 8.78. The third kappa shape index (κ3) is 6.60. The molecule has 1 unspecified atom stereocenters. The molecule has 0 radical (unpaired) electrons. The molecule has 2 aromatic carbocycles. The second-order valence-corrected chi connectivity index (χ2v) is 8.30. The number of phenolic OH excluding ortho intramolecular Hbond substituents is 1. The van der Waals surface area contributed by atoms with Crippen LogP contribution in [0.3, 0.4) is 0 Å². The average molecular weight is 511 g/mol. The number of pyridine rings is 1. The molecule has 10 nitrogen and oxygen atoms in total. The molecule has 10 heteroatoms. The van der Waals surface area contributed by atoms with Crippen molar-refractivity contribution in [3.8, 4) is 34.6 Å². The number of benzene rings is 2. The fourth-order valence-corrected chi connectivity index (χ4v) is 3.73. The van der Waals surface area contributed by atoms with E-state index in [0.29, 0.717) is 40.7 Å². The second-order valence-electron chi connectivity index (χ2n) is 8.30. The van der Waals surface area contributed by atoms with E-state index in [1.807, 2.05) is 6.07 Å². The van der Waals surface area contributed by atoms with Crippen LogP contribution < -0.4 is 18.9 Å². The quantitative estimate of drug-likeness (QED) is 0.397. The average Bonchev–Trinajstić information content (AvgIpc) is 2.89. The largest absolute Gasteiger partial charge is 0.508 e. The van der Waals surface area contributed by atoms with Crippen LogP contribution in [0.15, 0.2) is 48.7 Å². The minimum absolute atomic E-state index is 0.0394. The number of phenols is 1. The topological polar surface area (TPSA) is 128 Å².